The molecule has 1 fully saturated rings. The van der Waals surface area contributed by atoms with Crippen molar-refractivity contribution < 1.29 is 4.74 Å². The second-order valence-electron chi connectivity index (χ2n) is 5.01. The second-order valence-corrected chi connectivity index (χ2v) is 5.01. The lowest BCUT2D eigenvalue weighted by Gasteiger charge is -2.22. The van der Waals surface area contributed by atoms with E-state index in [1.54, 1.807) is 6.33 Å². The number of ether oxygens (including phenoxy) is 1. The second kappa shape index (κ2) is 7.28. The monoisotopic (exact) mass is 264 g/mol. The van der Waals surface area contributed by atoms with Crippen LogP contribution >= 0.6 is 0 Å². The molecule has 0 saturated carbocycles. The van der Waals surface area contributed by atoms with Crippen molar-refractivity contribution in [3.8, 4) is 5.88 Å². The van der Waals surface area contributed by atoms with Crippen molar-refractivity contribution in [3.63, 3.8) is 0 Å². The van der Waals surface area contributed by atoms with Crippen LogP contribution in [0.4, 0.5) is 5.82 Å². The lowest BCUT2D eigenvalue weighted by molar-refractivity contribution is 0.323. The van der Waals surface area contributed by atoms with Crippen LogP contribution in [-0.2, 0) is 0 Å². The molecule has 19 heavy (non-hydrogen) atoms. The van der Waals surface area contributed by atoms with Gasteiger partial charge in [-0.05, 0) is 52.1 Å². The summed E-state index contributed by atoms with van der Waals surface area (Å²) >= 11 is 0. The molecule has 2 heterocycles. The van der Waals surface area contributed by atoms with Gasteiger partial charge < -0.3 is 15.4 Å². The van der Waals surface area contributed by atoms with E-state index in [0.717, 1.165) is 30.4 Å². The maximum Gasteiger partial charge on any atom is 0.221 e. The summed E-state index contributed by atoms with van der Waals surface area (Å²) in [4.78, 5) is 8.43. The molecule has 0 bridgehead atoms. The van der Waals surface area contributed by atoms with Crippen LogP contribution in [0.1, 0.15) is 31.7 Å². The van der Waals surface area contributed by atoms with Crippen molar-refractivity contribution in [2.75, 3.05) is 31.6 Å². The van der Waals surface area contributed by atoms with Crippen LogP contribution in [0, 0.1) is 12.8 Å². The number of nitrogens with one attached hydrogen (secondary N) is 2. The first-order chi connectivity index (χ1) is 9.31. The SMILES string of the molecule is CCOc1ncnc(NCCC2CCCNC2)c1C. The molecule has 1 unspecified atom stereocenters. The van der Waals surface area contributed by atoms with Crippen LogP contribution < -0.4 is 15.4 Å². The van der Waals surface area contributed by atoms with E-state index >= 15 is 0 Å². The fourth-order valence-corrected chi connectivity index (χ4v) is 2.46. The molecular weight excluding hydrogens is 240 g/mol. The van der Waals surface area contributed by atoms with Gasteiger partial charge in [-0.25, -0.2) is 9.97 Å². The average molecular weight is 264 g/mol. The molecule has 2 rings (SSSR count). The maximum atomic E-state index is 5.47. The zero-order chi connectivity index (χ0) is 13.5. The van der Waals surface area contributed by atoms with Crippen LogP contribution in [0.3, 0.4) is 0 Å². The smallest absolute Gasteiger partial charge is 0.221 e. The zero-order valence-corrected chi connectivity index (χ0v) is 11.9. The third-order valence-corrected chi connectivity index (χ3v) is 3.56. The van der Waals surface area contributed by atoms with Crippen LogP contribution in [0.25, 0.3) is 0 Å². The maximum absolute atomic E-state index is 5.47. The van der Waals surface area contributed by atoms with Crippen molar-refractivity contribution in [1.29, 1.82) is 0 Å². The number of hydrogen-bond donors (Lipinski definition) is 2. The summed E-state index contributed by atoms with van der Waals surface area (Å²) in [7, 11) is 0. The lowest BCUT2D eigenvalue weighted by Crippen LogP contribution is -2.30. The van der Waals surface area contributed by atoms with E-state index < -0.39 is 0 Å². The van der Waals surface area contributed by atoms with Crippen molar-refractivity contribution in [2.45, 2.75) is 33.1 Å². The Kier molecular flexibility index (Phi) is 5.39. The molecule has 0 spiro atoms. The number of piperidine rings is 1. The zero-order valence-electron chi connectivity index (χ0n) is 11.9. The third-order valence-electron chi connectivity index (χ3n) is 3.56. The molecule has 5 nitrogen and oxygen atoms in total. The van der Waals surface area contributed by atoms with E-state index in [1.807, 2.05) is 13.8 Å². The Morgan fingerprint density at radius 1 is 1.47 bits per heavy atom. The molecule has 1 aromatic rings. The van der Waals surface area contributed by atoms with Gasteiger partial charge >= 0.3 is 0 Å². The van der Waals surface area contributed by atoms with E-state index in [1.165, 1.54) is 25.8 Å². The van der Waals surface area contributed by atoms with Gasteiger partial charge in [-0.2, -0.15) is 0 Å². The summed E-state index contributed by atoms with van der Waals surface area (Å²) in [5.74, 6) is 2.36. The molecule has 5 heteroatoms. The third kappa shape index (κ3) is 4.06. The van der Waals surface area contributed by atoms with E-state index in [0.29, 0.717) is 12.5 Å². The van der Waals surface area contributed by atoms with Crippen LogP contribution in [0.2, 0.25) is 0 Å². The first-order valence-electron chi connectivity index (χ1n) is 7.20. The predicted molar refractivity (Wildman–Crippen MR) is 76.6 cm³/mol. The van der Waals surface area contributed by atoms with Crippen LogP contribution in [0.15, 0.2) is 6.33 Å². The Morgan fingerprint density at radius 2 is 2.37 bits per heavy atom. The van der Waals surface area contributed by atoms with E-state index in [4.69, 9.17) is 4.74 Å². The van der Waals surface area contributed by atoms with E-state index in [9.17, 15) is 0 Å². The number of hydrogen-bond acceptors (Lipinski definition) is 5. The van der Waals surface area contributed by atoms with Crippen LogP contribution in [0.5, 0.6) is 5.88 Å². The van der Waals surface area contributed by atoms with E-state index in [2.05, 4.69) is 20.6 Å². The number of anilines is 1. The van der Waals surface area contributed by atoms with E-state index in [-0.39, 0.29) is 0 Å². The van der Waals surface area contributed by atoms with Crippen molar-refractivity contribution in [2.24, 2.45) is 5.92 Å². The molecular formula is C14H24N4O. The number of rotatable bonds is 6. The average Bonchev–Trinajstić information content (AvgIpc) is 2.44. The van der Waals surface area contributed by atoms with Gasteiger partial charge in [-0.15, -0.1) is 0 Å². The molecule has 1 atom stereocenters. The minimum Gasteiger partial charge on any atom is -0.478 e. The predicted octanol–water partition coefficient (Wildman–Crippen LogP) is 1.99. The largest absolute Gasteiger partial charge is 0.478 e. The van der Waals surface area contributed by atoms with Gasteiger partial charge in [-0.3, -0.25) is 0 Å². The summed E-state index contributed by atoms with van der Waals surface area (Å²) in [6.45, 7) is 7.86. The highest BCUT2D eigenvalue weighted by Gasteiger charge is 2.13. The minimum absolute atomic E-state index is 0.630. The molecule has 0 aliphatic carbocycles. The number of aromatic nitrogens is 2. The highest BCUT2D eigenvalue weighted by atomic mass is 16.5. The molecule has 0 radical (unpaired) electrons. The first-order valence-corrected chi connectivity index (χ1v) is 7.20. The summed E-state index contributed by atoms with van der Waals surface area (Å²) in [6, 6.07) is 0. The molecule has 1 saturated heterocycles. The van der Waals surface area contributed by atoms with Gasteiger partial charge in [0.05, 0.1) is 12.2 Å². The Bertz CT molecular complexity index is 391. The summed E-state index contributed by atoms with van der Waals surface area (Å²) in [5, 5.41) is 6.85. The van der Waals surface area contributed by atoms with Crippen molar-refractivity contribution in [3.05, 3.63) is 11.9 Å². The number of nitrogens with zero attached hydrogens (tertiary/aromatic N) is 2. The molecule has 106 valence electrons. The standard InChI is InChI=1S/C14H24N4O/c1-3-19-14-11(2)13(17-10-18-14)16-8-6-12-5-4-7-15-9-12/h10,12,15H,3-9H2,1-2H3,(H,16,17,18). The van der Waals surface area contributed by atoms with Crippen molar-refractivity contribution in [1.82, 2.24) is 15.3 Å². The molecule has 1 aliphatic rings. The van der Waals surface area contributed by atoms with Crippen molar-refractivity contribution >= 4 is 5.82 Å². The lowest BCUT2D eigenvalue weighted by atomic mass is 9.96. The van der Waals surface area contributed by atoms with Gasteiger partial charge in [0.2, 0.25) is 5.88 Å². The van der Waals surface area contributed by atoms with Crippen LogP contribution in [-0.4, -0.2) is 36.2 Å². The Balaban J connectivity index is 1.83. The fourth-order valence-electron chi connectivity index (χ4n) is 2.46. The summed E-state index contributed by atoms with van der Waals surface area (Å²) in [6.07, 6.45) is 5.37. The van der Waals surface area contributed by atoms with Gasteiger partial charge in [0.25, 0.3) is 0 Å². The Hall–Kier alpha value is -1.36. The van der Waals surface area contributed by atoms with Gasteiger partial charge in [-0.1, -0.05) is 0 Å². The molecule has 0 aromatic carbocycles. The molecule has 1 aromatic heterocycles. The first kappa shape index (κ1) is 14.1. The molecule has 2 N–H and O–H groups in total. The quantitative estimate of drug-likeness (QED) is 0.823. The Labute approximate surface area is 115 Å². The van der Waals surface area contributed by atoms with Gasteiger partial charge in [0.15, 0.2) is 0 Å². The summed E-state index contributed by atoms with van der Waals surface area (Å²) < 4.78 is 5.47. The highest BCUT2D eigenvalue weighted by Crippen LogP contribution is 2.21. The molecule has 1 aliphatic heterocycles. The fraction of sp³-hybridized carbons (Fsp3) is 0.714. The minimum atomic E-state index is 0.630. The normalized spacial score (nSPS) is 19.2. The molecule has 0 amide bonds. The topological polar surface area (TPSA) is 59.1 Å². The highest BCUT2D eigenvalue weighted by molar-refractivity contribution is 5.47. The van der Waals surface area contributed by atoms with Gasteiger partial charge in [0.1, 0.15) is 12.1 Å². The Morgan fingerprint density at radius 3 is 3.11 bits per heavy atom. The van der Waals surface area contributed by atoms with Gasteiger partial charge in [0, 0.05) is 6.54 Å². The summed E-state index contributed by atoms with van der Waals surface area (Å²) in [5.41, 5.74) is 0.992.